The van der Waals surface area contributed by atoms with Crippen LogP contribution in [0.25, 0.3) is 0 Å². The molecule has 0 saturated heterocycles. The molecule has 1 amide bonds. The van der Waals surface area contributed by atoms with E-state index in [1.807, 2.05) is 36.4 Å². The summed E-state index contributed by atoms with van der Waals surface area (Å²) in [5.41, 5.74) is 3.27. The van der Waals surface area contributed by atoms with Gasteiger partial charge in [0.2, 0.25) is 0 Å². The Bertz CT molecular complexity index is 1000. The Kier molecular flexibility index (Phi) is 7.84. The number of amides is 1. The van der Waals surface area contributed by atoms with Gasteiger partial charge in [-0.15, -0.1) is 0 Å². The van der Waals surface area contributed by atoms with Crippen molar-refractivity contribution >= 4 is 34.6 Å². The monoisotopic (exact) mass is 435 g/mol. The van der Waals surface area contributed by atoms with Gasteiger partial charge < -0.3 is 25.4 Å². The first-order valence-corrected chi connectivity index (χ1v) is 10.2. The number of carbonyl (C=O) groups excluding carboxylic acids is 1. The van der Waals surface area contributed by atoms with Gasteiger partial charge in [-0.25, -0.2) is 0 Å². The van der Waals surface area contributed by atoms with E-state index in [-0.39, 0.29) is 5.91 Å². The third-order valence-electron chi connectivity index (χ3n) is 4.61. The summed E-state index contributed by atoms with van der Waals surface area (Å²) in [5, 5.41) is 9.71. The van der Waals surface area contributed by atoms with E-state index in [2.05, 4.69) is 16.0 Å². The van der Waals surface area contributed by atoms with Gasteiger partial charge in [0.1, 0.15) is 11.5 Å². The van der Waals surface area contributed by atoms with E-state index >= 15 is 0 Å². The Morgan fingerprint density at radius 3 is 1.87 bits per heavy atom. The third kappa shape index (κ3) is 6.72. The summed E-state index contributed by atoms with van der Waals surface area (Å²) in [5.74, 6) is 1.40. The number of nitrogens with one attached hydrogen (secondary N) is 3. The molecular formula is C24H25N3O3S. The molecule has 0 fully saturated rings. The van der Waals surface area contributed by atoms with Gasteiger partial charge in [0, 0.05) is 23.5 Å². The van der Waals surface area contributed by atoms with Crippen LogP contribution in [0.3, 0.4) is 0 Å². The molecule has 0 radical (unpaired) electrons. The van der Waals surface area contributed by atoms with Crippen LogP contribution in [0.5, 0.6) is 11.5 Å². The number of benzene rings is 3. The maximum Gasteiger partial charge on any atom is 0.255 e. The smallest absolute Gasteiger partial charge is 0.255 e. The zero-order chi connectivity index (χ0) is 22.1. The van der Waals surface area contributed by atoms with Crippen LogP contribution in [0.1, 0.15) is 15.9 Å². The minimum atomic E-state index is -0.183. The number of anilines is 2. The van der Waals surface area contributed by atoms with Gasteiger partial charge in [-0.2, -0.15) is 0 Å². The fraction of sp³-hybridized carbons (Fsp3) is 0.167. The SMILES string of the molecule is COc1ccc(CCNC(=S)Nc2ccc(C(=O)Nc3ccc(OC)cc3)cc2)cc1. The molecule has 0 atom stereocenters. The van der Waals surface area contributed by atoms with E-state index in [0.29, 0.717) is 22.9 Å². The van der Waals surface area contributed by atoms with Gasteiger partial charge >= 0.3 is 0 Å². The van der Waals surface area contributed by atoms with E-state index in [9.17, 15) is 4.79 Å². The second-order valence-corrected chi connectivity index (χ2v) is 7.15. The van der Waals surface area contributed by atoms with E-state index < -0.39 is 0 Å². The predicted octanol–water partition coefficient (Wildman–Crippen LogP) is 4.49. The highest BCUT2D eigenvalue weighted by molar-refractivity contribution is 7.80. The Labute approximate surface area is 187 Å². The lowest BCUT2D eigenvalue weighted by molar-refractivity contribution is 0.102. The first kappa shape index (κ1) is 22.1. The van der Waals surface area contributed by atoms with Crippen molar-refractivity contribution in [3.05, 3.63) is 83.9 Å². The van der Waals surface area contributed by atoms with Gasteiger partial charge in [-0.3, -0.25) is 4.79 Å². The molecule has 6 nitrogen and oxygen atoms in total. The number of hydrogen-bond donors (Lipinski definition) is 3. The van der Waals surface area contributed by atoms with E-state index in [4.69, 9.17) is 21.7 Å². The second kappa shape index (κ2) is 11.0. The summed E-state index contributed by atoms with van der Waals surface area (Å²) in [4.78, 5) is 12.4. The van der Waals surface area contributed by atoms with E-state index in [1.54, 1.807) is 50.6 Å². The van der Waals surface area contributed by atoms with Crippen LogP contribution in [-0.4, -0.2) is 31.8 Å². The molecule has 0 aliphatic heterocycles. The molecule has 0 aliphatic rings. The average molecular weight is 436 g/mol. The largest absolute Gasteiger partial charge is 0.497 e. The summed E-state index contributed by atoms with van der Waals surface area (Å²) in [6, 6.07) is 22.3. The van der Waals surface area contributed by atoms with Crippen LogP contribution in [0.15, 0.2) is 72.8 Å². The molecule has 3 rings (SSSR count). The van der Waals surface area contributed by atoms with Gasteiger partial charge in [-0.05, 0) is 84.9 Å². The summed E-state index contributed by atoms with van der Waals surface area (Å²) in [6.07, 6.45) is 0.844. The average Bonchev–Trinajstić information content (AvgIpc) is 2.80. The molecule has 0 saturated carbocycles. The van der Waals surface area contributed by atoms with Crippen LogP contribution in [0, 0.1) is 0 Å². The summed E-state index contributed by atoms with van der Waals surface area (Å²) in [7, 11) is 3.26. The molecule has 3 N–H and O–H groups in total. The normalized spacial score (nSPS) is 10.1. The molecule has 0 aromatic heterocycles. The number of thiocarbonyl (C=S) groups is 1. The van der Waals surface area contributed by atoms with Crippen LogP contribution in [0.2, 0.25) is 0 Å². The number of rotatable bonds is 8. The first-order valence-electron chi connectivity index (χ1n) is 9.80. The predicted molar refractivity (Wildman–Crippen MR) is 128 cm³/mol. The Balaban J connectivity index is 1.45. The summed E-state index contributed by atoms with van der Waals surface area (Å²) >= 11 is 5.35. The topological polar surface area (TPSA) is 71.6 Å². The molecular weight excluding hydrogens is 410 g/mol. The van der Waals surface area contributed by atoms with Crippen LogP contribution in [0.4, 0.5) is 11.4 Å². The fourth-order valence-electron chi connectivity index (χ4n) is 2.87. The molecule has 31 heavy (non-hydrogen) atoms. The van der Waals surface area contributed by atoms with Crippen molar-refractivity contribution < 1.29 is 14.3 Å². The maximum atomic E-state index is 12.4. The molecule has 0 unspecified atom stereocenters. The highest BCUT2D eigenvalue weighted by Crippen LogP contribution is 2.17. The van der Waals surface area contributed by atoms with E-state index in [1.165, 1.54) is 5.56 Å². The van der Waals surface area contributed by atoms with Gasteiger partial charge in [0.15, 0.2) is 5.11 Å². The number of methoxy groups -OCH3 is 2. The minimum Gasteiger partial charge on any atom is -0.497 e. The lowest BCUT2D eigenvalue weighted by atomic mass is 10.1. The molecule has 0 bridgehead atoms. The highest BCUT2D eigenvalue weighted by atomic mass is 32.1. The molecule has 0 aliphatic carbocycles. The summed E-state index contributed by atoms with van der Waals surface area (Å²) in [6.45, 7) is 0.709. The van der Waals surface area contributed by atoms with Gasteiger partial charge in [0.05, 0.1) is 14.2 Å². The lowest BCUT2D eigenvalue weighted by Gasteiger charge is -2.11. The standard InChI is InChI=1S/C24H25N3O3S/c1-29-21-11-3-17(4-12-21)15-16-25-24(31)27-20-7-5-18(6-8-20)23(28)26-19-9-13-22(30-2)14-10-19/h3-14H,15-16H2,1-2H3,(H,26,28)(H2,25,27,31). The van der Waals surface area contributed by atoms with Crippen molar-refractivity contribution in [1.82, 2.24) is 5.32 Å². The molecule has 3 aromatic rings. The molecule has 7 heteroatoms. The fourth-order valence-corrected chi connectivity index (χ4v) is 3.09. The number of carbonyl (C=O) groups is 1. The Morgan fingerprint density at radius 1 is 0.774 bits per heavy atom. The van der Waals surface area contributed by atoms with Crippen molar-refractivity contribution in [2.24, 2.45) is 0 Å². The molecule has 3 aromatic carbocycles. The number of ether oxygens (including phenoxy) is 2. The highest BCUT2D eigenvalue weighted by Gasteiger charge is 2.07. The van der Waals surface area contributed by atoms with Crippen LogP contribution in [-0.2, 0) is 6.42 Å². The van der Waals surface area contributed by atoms with Crippen LogP contribution < -0.4 is 25.4 Å². The number of hydrogen-bond acceptors (Lipinski definition) is 4. The Morgan fingerprint density at radius 2 is 1.29 bits per heavy atom. The summed E-state index contributed by atoms with van der Waals surface area (Å²) < 4.78 is 10.3. The maximum absolute atomic E-state index is 12.4. The first-order chi connectivity index (χ1) is 15.1. The van der Waals surface area contributed by atoms with Crippen molar-refractivity contribution in [3.63, 3.8) is 0 Å². The quantitative estimate of drug-likeness (QED) is 0.453. The van der Waals surface area contributed by atoms with Crippen molar-refractivity contribution in [2.75, 3.05) is 31.4 Å². The molecule has 0 spiro atoms. The minimum absolute atomic E-state index is 0.183. The second-order valence-electron chi connectivity index (χ2n) is 6.74. The van der Waals surface area contributed by atoms with Crippen LogP contribution >= 0.6 is 12.2 Å². The third-order valence-corrected chi connectivity index (χ3v) is 4.86. The molecule has 160 valence electrons. The van der Waals surface area contributed by atoms with Crippen molar-refractivity contribution in [3.8, 4) is 11.5 Å². The Hall–Kier alpha value is -3.58. The molecule has 0 heterocycles. The van der Waals surface area contributed by atoms with Gasteiger partial charge in [0.25, 0.3) is 5.91 Å². The van der Waals surface area contributed by atoms with Gasteiger partial charge in [-0.1, -0.05) is 12.1 Å². The van der Waals surface area contributed by atoms with Crippen molar-refractivity contribution in [2.45, 2.75) is 6.42 Å². The van der Waals surface area contributed by atoms with E-state index in [0.717, 1.165) is 23.6 Å². The zero-order valence-electron chi connectivity index (χ0n) is 17.5. The lowest BCUT2D eigenvalue weighted by Crippen LogP contribution is -2.30. The zero-order valence-corrected chi connectivity index (χ0v) is 18.3. The van der Waals surface area contributed by atoms with Crippen molar-refractivity contribution in [1.29, 1.82) is 0 Å².